The second kappa shape index (κ2) is 13.3. The van der Waals surface area contributed by atoms with Gasteiger partial charge in [0.15, 0.2) is 8.07 Å². The third kappa shape index (κ3) is 5.26. The summed E-state index contributed by atoms with van der Waals surface area (Å²) in [6.07, 6.45) is 0. The van der Waals surface area contributed by atoms with Crippen molar-refractivity contribution in [2.75, 3.05) is 0 Å². The molecular formula is C55H42O3Si. The number of ether oxygens (including phenoxy) is 1. The molecule has 4 heteroatoms. The lowest BCUT2D eigenvalue weighted by molar-refractivity contribution is 0.419. The third-order valence-corrected chi connectivity index (χ3v) is 16.6. The Morgan fingerprint density at radius 2 is 1.07 bits per heavy atom. The maximum absolute atomic E-state index is 8.93. The number of fused-ring (bicyclic) bond motifs is 7. The van der Waals surface area contributed by atoms with E-state index >= 15 is 0 Å². The molecule has 0 unspecified atom stereocenters. The number of aryl methyl sites for hydroxylation is 2. The number of hydrogen-bond acceptors (Lipinski definition) is 3. The van der Waals surface area contributed by atoms with Gasteiger partial charge in [-0.2, -0.15) is 0 Å². The molecule has 11 rings (SSSR count). The number of para-hydroxylation sites is 4. The molecule has 284 valence electrons. The average molecular weight is 791 g/mol. The van der Waals surface area contributed by atoms with Crippen molar-refractivity contribution in [3.8, 4) is 33.8 Å². The Hall–Kier alpha value is -6.88. The maximum atomic E-state index is 8.93. The summed E-state index contributed by atoms with van der Waals surface area (Å²) in [5.41, 5.74) is -0.271. The van der Waals surface area contributed by atoms with Crippen LogP contribution in [-0.4, -0.2) is 8.07 Å². The van der Waals surface area contributed by atoms with E-state index in [9.17, 15) is 0 Å². The summed E-state index contributed by atoms with van der Waals surface area (Å²) in [4.78, 5) is 0. The number of furan rings is 2. The summed E-state index contributed by atoms with van der Waals surface area (Å²) in [5, 5.41) is 5.60. The van der Waals surface area contributed by atoms with Crippen molar-refractivity contribution in [3.63, 3.8) is 0 Å². The molecule has 0 saturated heterocycles. The van der Waals surface area contributed by atoms with Crippen molar-refractivity contribution < 1.29 is 30.0 Å². The number of hydrogen-bond donors (Lipinski definition) is 0. The molecule has 1 aliphatic rings. The second-order valence-electron chi connectivity index (χ2n) is 15.1. The minimum atomic E-state index is -3.73. The molecular weight excluding hydrogens is 737 g/mol. The SMILES string of the molecule is [2H]C([2H])([2H])c1ccc([Si](c2ccccc2)(c2ccccc2)c2ccc(C([2H])([2H])[2H])c(-c3cccc4c3oc3oc5ccccc5c34)c2)cc1-c1cccc2c1Oc1ccccc1C2(C([2H])([2H])[2H])C([2H])([2H])[2H]. The highest BCUT2D eigenvalue weighted by Gasteiger charge is 2.43. The molecule has 3 nitrogen and oxygen atoms in total. The van der Waals surface area contributed by atoms with Crippen molar-refractivity contribution in [2.24, 2.45) is 0 Å². The minimum Gasteiger partial charge on any atom is -0.456 e. The van der Waals surface area contributed by atoms with E-state index in [1.165, 1.54) is 18.2 Å². The predicted octanol–water partition coefficient (Wildman–Crippen LogP) is 12.1. The highest BCUT2D eigenvalue weighted by molar-refractivity contribution is 7.20. The maximum Gasteiger partial charge on any atom is 0.299 e. The summed E-state index contributed by atoms with van der Waals surface area (Å²) in [6.45, 7) is -11.5. The molecule has 0 radical (unpaired) electrons. The molecule has 0 saturated carbocycles. The van der Waals surface area contributed by atoms with Crippen LogP contribution in [0.4, 0.5) is 0 Å². The van der Waals surface area contributed by atoms with Crippen molar-refractivity contribution in [3.05, 3.63) is 204 Å². The van der Waals surface area contributed by atoms with Crippen LogP contribution in [-0.2, 0) is 5.41 Å². The predicted molar refractivity (Wildman–Crippen MR) is 246 cm³/mol. The van der Waals surface area contributed by atoms with Crippen molar-refractivity contribution in [1.82, 2.24) is 0 Å². The van der Waals surface area contributed by atoms with Gasteiger partial charge in [-0.3, -0.25) is 0 Å². The van der Waals surface area contributed by atoms with Gasteiger partial charge in [0.1, 0.15) is 22.7 Å². The molecule has 59 heavy (non-hydrogen) atoms. The largest absolute Gasteiger partial charge is 0.456 e. The van der Waals surface area contributed by atoms with Crippen LogP contribution in [0.3, 0.4) is 0 Å². The lowest BCUT2D eigenvalue weighted by atomic mass is 9.74. The Balaban J connectivity index is 1.23. The van der Waals surface area contributed by atoms with Gasteiger partial charge >= 0.3 is 0 Å². The molecule has 3 heterocycles. The van der Waals surface area contributed by atoms with Gasteiger partial charge in [0.25, 0.3) is 5.78 Å². The molecule has 0 amide bonds. The summed E-state index contributed by atoms with van der Waals surface area (Å²) in [7, 11) is -3.73. The van der Waals surface area contributed by atoms with Gasteiger partial charge in [0.05, 0.1) is 5.39 Å². The van der Waals surface area contributed by atoms with E-state index in [4.69, 9.17) is 30.0 Å². The van der Waals surface area contributed by atoms with Gasteiger partial charge in [0, 0.05) is 54.9 Å². The molecule has 1 aliphatic heterocycles. The van der Waals surface area contributed by atoms with Crippen LogP contribution in [0.1, 0.15) is 52.4 Å². The van der Waals surface area contributed by atoms with E-state index in [1.807, 2.05) is 127 Å². The molecule has 0 bridgehead atoms. The van der Waals surface area contributed by atoms with Gasteiger partial charge in [0.2, 0.25) is 0 Å². The van der Waals surface area contributed by atoms with Gasteiger partial charge < -0.3 is 13.6 Å². The fourth-order valence-corrected chi connectivity index (χ4v) is 13.9. The van der Waals surface area contributed by atoms with E-state index in [0.29, 0.717) is 33.3 Å². The van der Waals surface area contributed by atoms with E-state index in [0.717, 1.165) is 31.7 Å². The molecule has 10 aromatic rings. The fourth-order valence-electron chi connectivity index (χ4n) is 9.15. The second-order valence-corrected chi connectivity index (χ2v) is 18.9. The Labute approximate surface area is 362 Å². The zero-order valence-electron chi connectivity index (χ0n) is 43.5. The molecule has 0 aliphatic carbocycles. The van der Waals surface area contributed by atoms with E-state index in [2.05, 4.69) is 0 Å². The van der Waals surface area contributed by atoms with Gasteiger partial charge in [-0.25, -0.2) is 0 Å². The molecule has 0 spiro atoms. The number of rotatable bonds is 6. The summed E-state index contributed by atoms with van der Waals surface area (Å²) in [5.74, 6) is 0.255. The first kappa shape index (κ1) is 24.8. The Morgan fingerprint density at radius 1 is 0.475 bits per heavy atom. The first-order valence-electron chi connectivity index (χ1n) is 25.4. The van der Waals surface area contributed by atoms with Gasteiger partial charge in [-0.05, 0) is 68.8 Å². The van der Waals surface area contributed by atoms with Crippen molar-refractivity contribution >= 4 is 61.9 Å². The van der Waals surface area contributed by atoms with Crippen LogP contribution in [0.5, 0.6) is 11.5 Å². The lowest BCUT2D eigenvalue weighted by Crippen LogP contribution is -2.74. The van der Waals surface area contributed by atoms with Gasteiger partial charge in [-0.15, -0.1) is 0 Å². The monoisotopic (exact) mass is 790 g/mol. The van der Waals surface area contributed by atoms with E-state index in [-0.39, 0.29) is 44.9 Å². The smallest absolute Gasteiger partial charge is 0.299 e. The minimum absolute atomic E-state index is 0.0260. The van der Waals surface area contributed by atoms with E-state index in [1.54, 1.807) is 36.4 Å². The Kier molecular flexibility index (Phi) is 5.60. The van der Waals surface area contributed by atoms with Crippen LogP contribution in [0.2, 0.25) is 0 Å². The van der Waals surface area contributed by atoms with Crippen LogP contribution < -0.4 is 25.5 Å². The molecule has 0 atom stereocenters. The number of benzene rings is 8. The van der Waals surface area contributed by atoms with Crippen molar-refractivity contribution in [2.45, 2.75) is 32.8 Å². The highest BCUT2D eigenvalue weighted by atomic mass is 28.3. The molecule has 0 fully saturated rings. The van der Waals surface area contributed by atoms with Crippen LogP contribution in [0.15, 0.2) is 191 Å². The Bertz CT molecular complexity index is 3650. The first-order valence-corrected chi connectivity index (χ1v) is 21.4. The van der Waals surface area contributed by atoms with Gasteiger partial charge in [-0.1, -0.05) is 184 Å². The lowest BCUT2D eigenvalue weighted by Gasteiger charge is -2.36. The van der Waals surface area contributed by atoms with Crippen LogP contribution >= 0.6 is 0 Å². The van der Waals surface area contributed by atoms with Crippen molar-refractivity contribution in [1.29, 1.82) is 0 Å². The zero-order chi connectivity index (χ0) is 49.9. The normalized spacial score (nSPS) is 17.2. The van der Waals surface area contributed by atoms with Crippen LogP contribution in [0, 0.1) is 13.7 Å². The quantitative estimate of drug-likeness (QED) is 0.124. The summed E-state index contributed by atoms with van der Waals surface area (Å²) < 4.78 is 126. The summed E-state index contributed by atoms with van der Waals surface area (Å²) in [6, 6.07) is 54.3. The molecule has 0 N–H and O–H groups in total. The Morgan fingerprint density at radius 3 is 1.78 bits per heavy atom. The molecule has 2 aromatic heterocycles. The first-order chi connectivity index (χ1) is 33.8. The van der Waals surface area contributed by atoms with E-state index < -0.39 is 40.9 Å². The average Bonchev–Trinajstić information content (AvgIpc) is 3.89. The standard InChI is InChI=1S/C55H42O3Si/c1-35-29-31-39(33-45(35)41-22-15-24-44-51-43-21-11-13-27-49(43)57-54(51)58-52(41)44)59(37-17-7-5-8-18-37,38-19-9-6-10-20-38)40-32-30-36(2)46(34-40)42-23-16-26-48-53(42)56-50-28-14-12-25-47(50)55(48,3)4/h5-34H,1-4H3/i1D3,2D3,3D3,4D3. The fraction of sp³-hybridized carbons (Fsp3) is 0.0909. The highest BCUT2D eigenvalue weighted by Crippen LogP contribution is 2.51. The zero-order valence-corrected chi connectivity index (χ0v) is 32.5. The molecule has 8 aromatic carbocycles. The topological polar surface area (TPSA) is 35.5 Å². The summed E-state index contributed by atoms with van der Waals surface area (Å²) >= 11 is 0. The third-order valence-electron chi connectivity index (χ3n) is 11.9. The van der Waals surface area contributed by atoms with Crippen LogP contribution in [0.25, 0.3) is 55.4 Å².